The molecule has 0 saturated carbocycles. The van der Waals surface area contributed by atoms with Crippen LogP contribution in [0.15, 0.2) is 42.7 Å². The second-order valence-corrected chi connectivity index (χ2v) is 3.32. The minimum absolute atomic E-state index is 0.785. The lowest BCUT2D eigenvalue weighted by molar-refractivity contribution is 0.638. The van der Waals surface area contributed by atoms with Crippen LogP contribution in [0.5, 0.6) is 0 Å². The molecule has 0 radical (unpaired) electrons. The van der Waals surface area contributed by atoms with Gasteiger partial charge in [0.2, 0.25) is 0 Å². The van der Waals surface area contributed by atoms with Crippen LogP contribution in [0.2, 0.25) is 0 Å². The number of nitrogens with one attached hydrogen (secondary N) is 1. The number of aromatic nitrogens is 2. The number of benzene rings is 1. The zero-order valence-corrected chi connectivity index (χ0v) is 8.43. The molecule has 0 unspecified atom stereocenters. The van der Waals surface area contributed by atoms with E-state index in [-0.39, 0.29) is 0 Å². The first-order valence-electron chi connectivity index (χ1n) is 4.91. The van der Waals surface area contributed by atoms with Gasteiger partial charge < -0.3 is 11.1 Å². The fourth-order valence-corrected chi connectivity index (χ4v) is 1.35. The van der Waals surface area contributed by atoms with E-state index >= 15 is 0 Å². The molecule has 1 aromatic heterocycles. The molecule has 0 bridgehead atoms. The van der Waals surface area contributed by atoms with Gasteiger partial charge in [0.05, 0.1) is 6.54 Å². The lowest BCUT2D eigenvalue weighted by atomic mass is 10.3. The van der Waals surface area contributed by atoms with Gasteiger partial charge in [-0.3, -0.25) is 4.68 Å². The summed E-state index contributed by atoms with van der Waals surface area (Å²) >= 11 is 0. The van der Waals surface area contributed by atoms with Crippen molar-refractivity contribution in [2.45, 2.75) is 6.54 Å². The molecule has 2 aromatic rings. The van der Waals surface area contributed by atoms with Crippen LogP contribution in [0.1, 0.15) is 0 Å². The smallest absolute Gasteiger partial charge is 0.0582 e. The molecule has 0 aliphatic rings. The van der Waals surface area contributed by atoms with Crippen molar-refractivity contribution in [3.8, 4) is 0 Å². The summed E-state index contributed by atoms with van der Waals surface area (Å²) in [7, 11) is 0. The van der Waals surface area contributed by atoms with Crippen molar-refractivity contribution < 1.29 is 0 Å². The highest BCUT2D eigenvalue weighted by Gasteiger charge is 1.92. The number of nitrogen functional groups attached to an aromatic ring is 1. The molecule has 1 aromatic carbocycles. The first-order chi connectivity index (χ1) is 7.34. The SMILES string of the molecule is Nc1ccc(NCCn2cccn2)cc1. The summed E-state index contributed by atoms with van der Waals surface area (Å²) in [4.78, 5) is 0. The summed E-state index contributed by atoms with van der Waals surface area (Å²) in [6, 6.07) is 9.63. The number of hydrogen-bond donors (Lipinski definition) is 2. The Morgan fingerprint density at radius 3 is 2.73 bits per heavy atom. The van der Waals surface area contributed by atoms with Crippen molar-refractivity contribution >= 4 is 11.4 Å². The molecule has 0 aliphatic heterocycles. The predicted molar refractivity (Wildman–Crippen MR) is 61.6 cm³/mol. The minimum Gasteiger partial charge on any atom is -0.399 e. The summed E-state index contributed by atoms with van der Waals surface area (Å²) < 4.78 is 1.89. The fourth-order valence-electron chi connectivity index (χ4n) is 1.35. The lowest BCUT2D eigenvalue weighted by Crippen LogP contribution is -2.10. The molecule has 0 atom stereocenters. The normalized spacial score (nSPS) is 10.1. The summed E-state index contributed by atoms with van der Waals surface area (Å²) in [6.07, 6.45) is 3.73. The molecular formula is C11H14N4. The third-order valence-electron chi connectivity index (χ3n) is 2.14. The Hall–Kier alpha value is -1.97. The molecular weight excluding hydrogens is 188 g/mol. The molecule has 0 saturated heterocycles. The van der Waals surface area contributed by atoms with Crippen molar-refractivity contribution in [1.82, 2.24) is 9.78 Å². The Bertz CT molecular complexity index is 391. The van der Waals surface area contributed by atoms with Gasteiger partial charge in [-0.1, -0.05) is 0 Å². The van der Waals surface area contributed by atoms with Crippen LogP contribution in [0.3, 0.4) is 0 Å². The molecule has 4 nitrogen and oxygen atoms in total. The van der Waals surface area contributed by atoms with Gasteiger partial charge >= 0.3 is 0 Å². The Morgan fingerprint density at radius 1 is 1.27 bits per heavy atom. The van der Waals surface area contributed by atoms with Gasteiger partial charge in [-0.15, -0.1) is 0 Å². The summed E-state index contributed by atoms with van der Waals surface area (Å²) in [5.41, 5.74) is 7.46. The van der Waals surface area contributed by atoms with Gasteiger partial charge in [-0.2, -0.15) is 5.10 Å². The molecule has 3 N–H and O–H groups in total. The molecule has 0 spiro atoms. The van der Waals surface area contributed by atoms with Crippen molar-refractivity contribution in [3.05, 3.63) is 42.7 Å². The van der Waals surface area contributed by atoms with Crippen LogP contribution in [0, 0.1) is 0 Å². The maximum atomic E-state index is 5.59. The van der Waals surface area contributed by atoms with Crippen LogP contribution < -0.4 is 11.1 Å². The molecule has 0 fully saturated rings. The van der Waals surface area contributed by atoms with E-state index in [0.29, 0.717) is 0 Å². The van der Waals surface area contributed by atoms with E-state index in [4.69, 9.17) is 5.73 Å². The van der Waals surface area contributed by atoms with Crippen LogP contribution in [0.4, 0.5) is 11.4 Å². The Morgan fingerprint density at radius 2 is 2.07 bits per heavy atom. The van der Waals surface area contributed by atoms with Gasteiger partial charge in [0.25, 0.3) is 0 Å². The summed E-state index contributed by atoms with van der Waals surface area (Å²) in [5, 5.41) is 7.41. The second kappa shape index (κ2) is 4.50. The van der Waals surface area contributed by atoms with Gasteiger partial charge in [0.1, 0.15) is 0 Å². The van der Waals surface area contributed by atoms with Crippen molar-refractivity contribution in [3.63, 3.8) is 0 Å². The maximum absolute atomic E-state index is 5.59. The molecule has 2 rings (SSSR count). The fraction of sp³-hybridized carbons (Fsp3) is 0.182. The standard InChI is InChI=1S/C11H14N4/c12-10-2-4-11(5-3-10)13-7-9-15-8-1-6-14-15/h1-6,8,13H,7,9,12H2. The lowest BCUT2D eigenvalue weighted by Gasteiger charge is -2.06. The van der Waals surface area contributed by atoms with Crippen molar-refractivity contribution in [2.24, 2.45) is 0 Å². The third kappa shape index (κ3) is 2.74. The van der Waals surface area contributed by atoms with E-state index in [9.17, 15) is 0 Å². The van der Waals surface area contributed by atoms with Gasteiger partial charge in [-0.05, 0) is 30.3 Å². The van der Waals surface area contributed by atoms with Gasteiger partial charge in [0, 0.05) is 30.3 Å². The highest BCUT2D eigenvalue weighted by molar-refractivity contribution is 5.50. The minimum atomic E-state index is 0.785. The second-order valence-electron chi connectivity index (χ2n) is 3.32. The van der Waals surface area contributed by atoms with E-state index in [2.05, 4.69) is 10.4 Å². The Balaban J connectivity index is 1.81. The summed E-state index contributed by atoms with van der Waals surface area (Å²) in [5.74, 6) is 0. The highest BCUT2D eigenvalue weighted by atomic mass is 15.3. The highest BCUT2D eigenvalue weighted by Crippen LogP contribution is 2.09. The van der Waals surface area contributed by atoms with Crippen LogP contribution >= 0.6 is 0 Å². The van der Waals surface area contributed by atoms with E-state index in [0.717, 1.165) is 24.5 Å². The number of nitrogens with zero attached hydrogens (tertiary/aromatic N) is 2. The average molecular weight is 202 g/mol. The van der Waals surface area contributed by atoms with E-state index in [1.54, 1.807) is 6.20 Å². The maximum Gasteiger partial charge on any atom is 0.0582 e. The monoisotopic (exact) mass is 202 g/mol. The first kappa shape index (κ1) is 9.58. The largest absolute Gasteiger partial charge is 0.399 e. The summed E-state index contributed by atoms with van der Waals surface area (Å²) in [6.45, 7) is 1.71. The Labute approximate surface area is 88.7 Å². The van der Waals surface area contributed by atoms with Gasteiger partial charge in [0.15, 0.2) is 0 Å². The molecule has 15 heavy (non-hydrogen) atoms. The molecule has 0 aliphatic carbocycles. The third-order valence-corrected chi connectivity index (χ3v) is 2.14. The van der Waals surface area contributed by atoms with E-state index < -0.39 is 0 Å². The molecule has 78 valence electrons. The Kier molecular flexibility index (Phi) is 2.88. The van der Waals surface area contributed by atoms with Gasteiger partial charge in [-0.25, -0.2) is 0 Å². The number of rotatable bonds is 4. The predicted octanol–water partition coefficient (Wildman–Crippen LogP) is 1.58. The zero-order chi connectivity index (χ0) is 10.5. The van der Waals surface area contributed by atoms with Crippen LogP contribution in [-0.4, -0.2) is 16.3 Å². The average Bonchev–Trinajstić information content (AvgIpc) is 2.74. The van der Waals surface area contributed by atoms with Crippen LogP contribution in [0.25, 0.3) is 0 Å². The quantitative estimate of drug-likeness (QED) is 0.740. The molecule has 0 amide bonds. The first-order valence-corrected chi connectivity index (χ1v) is 4.91. The van der Waals surface area contributed by atoms with E-state index in [1.807, 2.05) is 41.2 Å². The molecule has 1 heterocycles. The number of anilines is 2. The number of nitrogens with two attached hydrogens (primary N) is 1. The zero-order valence-electron chi connectivity index (χ0n) is 8.43. The van der Waals surface area contributed by atoms with Crippen molar-refractivity contribution in [2.75, 3.05) is 17.6 Å². The van der Waals surface area contributed by atoms with E-state index in [1.165, 1.54) is 0 Å². The number of hydrogen-bond acceptors (Lipinski definition) is 3. The van der Waals surface area contributed by atoms with Crippen molar-refractivity contribution in [1.29, 1.82) is 0 Å². The van der Waals surface area contributed by atoms with Crippen LogP contribution in [-0.2, 0) is 6.54 Å². The topological polar surface area (TPSA) is 55.9 Å². The molecule has 4 heteroatoms.